The van der Waals surface area contributed by atoms with E-state index in [0.29, 0.717) is 32.0 Å². The third-order valence-corrected chi connectivity index (χ3v) is 4.98. The zero-order chi connectivity index (χ0) is 15.6. The number of nitrogens with one attached hydrogen (secondary N) is 1. The van der Waals surface area contributed by atoms with Crippen molar-refractivity contribution < 1.29 is 22.0 Å². The minimum atomic E-state index is -4.12. The van der Waals surface area contributed by atoms with Gasteiger partial charge in [-0.1, -0.05) is 0 Å². The molecule has 1 saturated heterocycles. The van der Waals surface area contributed by atoms with Crippen LogP contribution in [0.1, 0.15) is 19.8 Å². The summed E-state index contributed by atoms with van der Waals surface area (Å²) in [5, 5.41) is 0. The van der Waals surface area contributed by atoms with Crippen LogP contribution in [0.3, 0.4) is 0 Å². The van der Waals surface area contributed by atoms with Crippen LogP contribution in [-0.4, -0.2) is 38.4 Å². The molecule has 1 aromatic rings. The molecule has 0 radical (unpaired) electrons. The van der Waals surface area contributed by atoms with Gasteiger partial charge in [0.05, 0.1) is 0 Å². The molecule has 1 aliphatic heterocycles. The maximum atomic E-state index is 13.5. The van der Waals surface area contributed by atoms with Crippen molar-refractivity contribution in [2.24, 2.45) is 0 Å². The number of benzene rings is 1. The Hall–Kier alpha value is -1.54. The van der Waals surface area contributed by atoms with E-state index in [-0.39, 0.29) is 5.91 Å². The third kappa shape index (κ3) is 3.76. The molecule has 1 fully saturated rings. The highest BCUT2D eigenvalue weighted by molar-refractivity contribution is 7.89. The maximum Gasteiger partial charge on any atom is 0.243 e. The van der Waals surface area contributed by atoms with Crippen LogP contribution in [0.2, 0.25) is 0 Å². The lowest BCUT2D eigenvalue weighted by Crippen LogP contribution is -2.46. The number of carbonyl (C=O) groups excluding carboxylic acids is 1. The Balaban J connectivity index is 2.09. The highest BCUT2D eigenvalue weighted by Gasteiger charge is 2.27. The van der Waals surface area contributed by atoms with Crippen LogP contribution in [0.4, 0.5) is 8.78 Å². The van der Waals surface area contributed by atoms with Gasteiger partial charge >= 0.3 is 0 Å². The Labute approximate surface area is 122 Å². The molecule has 116 valence electrons. The van der Waals surface area contributed by atoms with Crippen LogP contribution >= 0.6 is 0 Å². The lowest BCUT2D eigenvalue weighted by atomic mass is 10.1. The summed E-state index contributed by atoms with van der Waals surface area (Å²) in [7, 11) is -4.12. The molecule has 1 amide bonds. The molecular formula is C13H16F2N2O3S. The normalized spacial score (nSPS) is 17.0. The molecule has 1 aliphatic rings. The van der Waals surface area contributed by atoms with Crippen LogP contribution in [0.25, 0.3) is 0 Å². The minimum Gasteiger partial charge on any atom is -0.343 e. The molecule has 8 heteroatoms. The van der Waals surface area contributed by atoms with Gasteiger partial charge in [0.2, 0.25) is 15.9 Å². The van der Waals surface area contributed by atoms with Gasteiger partial charge in [-0.25, -0.2) is 21.9 Å². The second-order valence-corrected chi connectivity index (χ2v) is 6.66. The van der Waals surface area contributed by atoms with Crippen LogP contribution in [0.5, 0.6) is 0 Å². The molecule has 0 bridgehead atoms. The smallest absolute Gasteiger partial charge is 0.243 e. The zero-order valence-corrected chi connectivity index (χ0v) is 12.3. The number of amides is 1. The largest absolute Gasteiger partial charge is 0.343 e. The minimum absolute atomic E-state index is 0.0625. The third-order valence-electron chi connectivity index (χ3n) is 3.44. The van der Waals surface area contributed by atoms with Gasteiger partial charge in [-0.3, -0.25) is 4.79 Å². The van der Waals surface area contributed by atoms with Crippen LogP contribution in [-0.2, 0) is 14.8 Å². The molecule has 0 aromatic heterocycles. The first-order valence-corrected chi connectivity index (χ1v) is 8.01. The molecule has 21 heavy (non-hydrogen) atoms. The van der Waals surface area contributed by atoms with Crippen molar-refractivity contribution in [1.82, 2.24) is 9.62 Å². The van der Waals surface area contributed by atoms with E-state index in [4.69, 9.17) is 0 Å². The summed E-state index contributed by atoms with van der Waals surface area (Å²) in [4.78, 5) is 12.1. The molecule has 0 spiro atoms. The Bertz CT molecular complexity index is 641. The molecule has 0 aliphatic carbocycles. The monoisotopic (exact) mass is 318 g/mol. The average molecular weight is 318 g/mol. The fourth-order valence-corrected chi connectivity index (χ4v) is 3.67. The van der Waals surface area contributed by atoms with Crippen molar-refractivity contribution in [1.29, 1.82) is 0 Å². The summed E-state index contributed by atoms with van der Waals surface area (Å²) >= 11 is 0. The van der Waals surface area contributed by atoms with E-state index >= 15 is 0 Å². The first-order chi connectivity index (χ1) is 9.79. The van der Waals surface area contributed by atoms with Crippen molar-refractivity contribution >= 4 is 15.9 Å². The van der Waals surface area contributed by atoms with E-state index in [1.807, 2.05) is 0 Å². The van der Waals surface area contributed by atoms with E-state index < -0.39 is 32.6 Å². The molecule has 0 atom stereocenters. The Kier molecular flexibility index (Phi) is 4.58. The highest BCUT2D eigenvalue weighted by Crippen LogP contribution is 2.18. The highest BCUT2D eigenvalue weighted by atomic mass is 32.2. The number of halogens is 2. The number of hydrogen-bond donors (Lipinski definition) is 1. The number of rotatable bonds is 3. The van der Waals surface area contributed by atoms with Crippen LogP contribution in [0.15, 0.2) is 23.1 Å². The van der Waals surface area contributed by atoms with Gasteiger partial charge in [-0.05, 0) is 31.0 Å². The Morgan fingerprint density at radius 3 is 2.48 bits per heavy atom. The lowest BCUT2D eigenvalue weighted by molar-refractivity contribution is -0.129. The number of hydrogen-bond acceptors (Lipinski definition) is 3. The standard InChI is InChI=1S/C13H16F2N2O3S/c1-9(18)17-6-4-11(5-7-17)16-21(19,20)13-8-10(14)2-3-12(13)15/h2-3,8,11,16H,4-7H2,1H3. The van der Waals surface area contributed by atoms with Crippen molar-refractivity contribution in [3.05, 3.63) is 29.8 Å². The van der Waals surface area contributed by atoms with E-state index in [0.717, 1.165) is 12.1 Å². The molecule has 5 nitrogen and oxygen atoms in total. The van der Waals surface area contributed by atoms with Gasteiger partial charge < -0.3 is 4.90 Å². The SMILES string of the molecule is CC(=O)N1CCC(NS(=O)(=O)c2cc(F)ccc2F)CC1. The fourth-order valence-electron chi connectivity index (χ4n) is 2.28. The summed E-state index contributed by atoms with van der Waals surface area (Å²) in [5.74, 6) is -1.87. The number of sulfonamides is 1. The fraction of sp³-hybridized carbons (Fsp3) is 0.462. The van der Waals surface area contributed by atoms with Gasteiger partial charge in [0.25, 0.3) is 0 Å². The molecule has 1 aromatic carbocycles. The van der Waals surface area contributed by atoms with E-state index in [1.54, 1.807) is 4.90 Å². The summed E-state index contributed by atoms with van der Waals surface area (Å²) in [6, 6.07) is 1.90. The number of nitrogens with zero attached hydrogens (tertiary/aromatic N) is 1. The Morgan fingerprint density at radius 2 is 1.90 bits per heavy atom. The number of likely N-dealkylation sites (tertiary alicyclic amines) is 1. The van der Waals surface area contributed by atoms with E-state index in [1.165, 1.54) is 6.92 Å². The second kappa shape index (κ2) is 6.07. The number of piperidine rings is 1. The van der Waals surface area contributed by atoms with Crippen molar-refractivity contribution in [3.63, 3.8) is 0 Å². The summed E-state index contributed by atoms with van der Waals surface area (Å²) < 4.78 is 53.2. The molecule has 1 N–H and O–H groups in total. The van der Waals surface area contributed by atoms with Crippen LogP contribution < -0.4 is 4.72 Å². The maximum absolute atomic E-state index is 13.5. The van der Waals surface area contributed by atoms with Gasteiger partial charge in [0, 0.05) is 26.1 Å². The van der Waals surface area contributed by atoms with Gasteiger partial charge in [0.1, 0.15) is 16.5 Å². The van der Waals surface area contributed by atoms with Gasteiger partial charge in [-0.2, -0.15) is 0 Å². The number of carbonyl (C=O) groups is 1. The van der Waals surface area contributed by atoms with E-state index in [9.17, 15) is 22.0 Å². The van der Waals surface area contributed by atoms with Crippen molar-refractivity contribution in [2.45, 2.75) is 30.7 Å². The average Bonchev–Trinajstić information content (AvgIpc) is 2.41. The quantitative estimate of drug-likeness (QED) is 0.912. The molecule has 0 unspecified atom stereocenters. The Morgan fingerprint density at radius 1 is 1.29 bits per heavy atom. The summed E-state index contributed by atoms with van der Waals surface area (Å²) in [6.07, 6.45) is 0.880. The predicted octanol–water partition coefficient (Wildman–Crippen LogP) is 1.25. The summed E-state index contributed by atoms with van der Waals surface area (Å²) in [6.45, 7) is 2.33. The van der Waals surface area contributed by atoms with E-state index in [2.05, 4.69) is 4.72 Å². The first-order valence-electron chi connectivity index (χ1n) is 6.52. The van der Waals surface area contributed by atoms with Crippen molar-refractivity contribution in [2.75, 3.05) is 13.1 Å². The lowest BCUT2D eigenvalue weighted by Gasteiger charge is -2.31. The molecule has 1 heterocycles. The molecule has 0 saturated carbocycles. The van der Waals surface area contributed by atoms with Crippen LogP contribution in [0, 0.1) is 11.6 Å². The molecular weight excluding hydrogens is 302 g/mol. The van der Waals surface area contributed by atoms with Gasteiger partial charge in [-0.15, -0.1) is 0 Å². The second-order valence-electron chi connectivity index (χ2n) is 4.98. The topological polar surface area (TPSA) is 66.5 Å². The van der Waals surface area contributed by atoms with Crippen molar-refractivity contribution in [3.8, 4) is 0 Å². The predicted molar refractivity (Wildman–Crippen MR) is 72.0 cm³/mol. The zero-order valence-electron chi connectivity index (χ0n) is 11.5. The first kappa shape index (κ1) is 15.8. The molecule has 2 rings (SSSR count). The summed E-state index contributed by atoms with van der Waals surface area (Å²) in [5.41, 5.74) is 0. The van der Waals surface area contributed by atoms with Gasteiger partial charge in [0.15, 0.2) is 0 Å².